The lowest BCUT2D eigenvalue weighted by molar-refractivity contribution is -0.0569. The van der Waals surface area contributed by atoms with Gasteiger partial charge in [0, 0.05) is 42.9 Å². The predicted octanol–water partition coefficient (Wildman–Crippen LogP) is 3.93. The van der Waals surface area contributed by atoms with Crippen LogP contribution in [-0.4, -0.2) is 40.4 Å². The van der Waals surface area contributed by atoms with Crippen LogP contribution in [0.15, 0.2) is 18.2 Å². The van der Waals surface area contributed by atoms with Crippen molar-refractivity contribution < 1.29 is 19.4 Å². The number of fused-ring (bicyclic) bond motifs is 1. The number of hydrogen-bond donors (Lipinski definition) is 1. The van der Waals surface area contributed by atoms with Gasteiger partial charge in [0.1, 0.15) is 17.0 Å². The Balaban J connectivity index is 1.68. The van der Waals surface area contributed by atoms with Gasteiger partial charge in [-0.3, -0.25) is 0 Å². The summed E-state index contributed by atoms with van der Waals surface area (Å²) < 4.78 is 11.6. The van der Waals surface area contributed by atoms with E-state index < -0.39 is 17.3 Å². The van der Waals surface area contributed by atoms with Crippen molar-refractivity contribution in [1.82, 2.24) is 4.90 Å². The molecule has 1 N–H and O–H groups in total. The summed E-state index contributed by atoms with van der Waals surface area (Å²) in [6, 6.07) is 5.33. The second-order valence-electron chi connectivity index (χ2n) is 7.65. The summed E-state index contributed by atoms with van der Waals surface area (Å²) in [4.78, 5) is 13.9. The summed E-state index contributed by atoms with van der Waals surface area (Å²) in [6.45, 7) is 6.70. The monoisotopic (exact) mass is 353 g/mol. The number of halogens is 1. The molecule has 5 nitrogen and oxygen atoms in total. The Kier molecular flexibility index (Phi) is 4.43. The van der Waals surface area contributed by atoms with Crippen LogP contribution in [0.25, 0.3) is 0 Å². The lowest BCUT2D eigenvalue weighted by Crippen LogP contribution is -2.52. The molecule has 1 atom stereocenters. The highest BCUT2D eigenvalue weighted by molar-refractivity contribution is 6.30. The molecule has 2 heterocycles. The average molecular weight is 354 g/mol. The molecule has 1 spiro atoms. The number of amides is 1. The van der Waals surface area contributed by atoms with Crippen molar-refractivity contribution in [1.29, 1.82) is 0 Å². The highest BCUT2D eigenvalue weighted by atomic mass is 35.5. The van der Waals surface area contributed by atoms with E-state index in [1.807, 2.05) is 26.8 Å². The van der Waals surface area contributed by atoms with Crippen molar-refractivity contribution in [2.75, 3.05) is 13.1 Å². The molecule has 1 fully saturated rings. The Bertz CT molecular complexity index is 632. The Labute approximate surface area is 147 Å². The summed E-state index contributed by atoms with van der Waals surface area (Å²) in [5.41, 5.74) is -0.191. The lowest BCUT2D eigenvalue weighted by Gasteiger charge is -2.45. The van der Waals surface area contributed by atoms with Crippen LogP contribution in [0.5, 0.6) is 5.75 Å². The van der Waals surface area contributed by atoms with E-state index in [4.69, 9.17) is 21.1 Å². The van der Waals surface area contributed by atoms with Gasteiger partial charge in [-0.25, -0.2) is 4.79 Å². The summed E-state index contributed by atoms with van der Waals surface area (Å²) in [5.74, 6) is 0.684. The number of carbonyl (C=O) groups is 1. The van der Waals surface area contributed by atoms with Gasteiger partial charge in [-0.05, 0) is 39.0 Å². The fourth-order valence-corrected chi connectivity index (χ4v) is 3.52. The molecule has 24 heavy (non-hydrogen) atoms. The summed E-state index contributed by atoms with van der Waals surface area (Å²) in [5, 5.41) is 11.1. The number of nitrogens with zero attached hydrogens (tertiary/aromatic N) is 1. The number of aliphatic hydroxyl groups excluding tert-OH is 1. The van der Waals surface area contributed by atoms with Gasteiger partial charge in [-0.15, -0.1) is 0 Å². The summed E-state index contributed by atoms with van der Waals surface area (Å²) >= 11 is 6.00. The minimum atomic E-state index is -0.597. The normalized spacial score (nSPS) is 22.7. The smallest absolute Gasteiger partial charge is 0.410 e. The van der Waals surface area contributed by atoms with Crippen LogP contribution in [-0.2, 0) is 4.74 Å². The van der Waals surface area contributed by atoms with Gasteiger partial charge in [-0.2, -0.15) is 0 Å². The largest absolute Gasteiger partial charge is 0.487 e. The minimum Gasteiger partial charge on any atom is -0.487 e. The molecule has 0 saturated carbocycles. The molecule has 1 aromatic rings. The Morgan fingerprint density at radius 1 is 1.38 bits per heavy atom. The SMILES string of the molecule is CC(C)(C)OC(=O)N1CCC2(CC1)CC(O)c1cc(Cl)ccc1O2. The molecular weight excluding hydrogens is 330 g/mol. The van der Waals surface area contributed by atoms with E-state index in [1.165, 1.54) is 0 Å². The molecule has 0 aliphatic carbocycles. The molecule has 0 radical (unpaired) electrons. The first-order valence-corrected chi connectivity index (χ1v) is 8.70. The van der Waals surface area contributed by atoms with Gasteiger partial charge >= 0.3 is 6.09 Å². The molecule has 0 bridgehead atoms. The lowest BCUT2D eigenvalue weighted by atomic mass is 9.82. The number of piperidine rings is 1. The predicted molar refractivity (Wildman–Crippen MR) is 91.4 cm³/mol. The molecule has 1 amide bonds. The van der Waals surface area contributed by atoms with Crippen LogP contribution in [0, 0.1) is 0 Å². The Hall–Kier alpha value is -1.46. The molecule has 6 heteroatoms. The molecule has 1 aromatic carbocycles. The van der Waals surface area contributed by atoms with Gasteiger partial charge in [0.2, 0.25) is 0 Å². The van der Waals surface area contributed by atoms with Gasteiger partial charge in [0.15, 0.2) is 0 Å². The quantitative estimate of drug-likeness (QED) is 0.767. The number of rotatable bonds is 0. The van der Waals surface area contributed by atoms with Crippen molar-refractivity contribution in [2.24, 2.45) is 0 Å². The maximum absolute atomic E-state index is 12.2. The van der Waals surface area contributed by atoms with E-state index in [1.54, 1.807) is 17.0 Å². The van der Waals surface area contributed by atoms with E-state index in [2.05, 4.69) is 0 Å². The zero-order valence-electron chi connectivity index (χ0n) is 14.3. The Morgan fingerprint density at radius 3 is 2.67 bits per heavy atom. The molecular formula is C18H24ClNO4. The van der Waals surface area contributed by atoms with Crippen LogP contribution in [0.1, 0.15) is 51.7 Å². The van der Waals surface area contributed by atoms with Gasteiger partial charge in [0.05, 0.1) is 6.10 Å². The third-order valence-electron chi connectivity index (χ3n) is 4.55. The first kappa shape index (κ1) is 17.4. The fourth-order valence-electron chi connectivity index (χ4n) is 3.34. The third-order valence-corrected chi connectivity index (χ3v) is 4.78. The molecule has 132 valence electrons. The molecule has 2 aliphatic rings. The van der Waals surface area contributed by atoms with Crippen LogP contribution in [0.3, 0.4) is 0 Å². The van der Waals surface area contributed by atoms with E-state index >= 15 is 0 Å². The van der Waals surface area contributed by atoms with E-state index in [0.29, 0.717) is 43.1 Å². The van der Waals surface area contributed by atoms with Crippen LogP contribution in [0.4, 0.5) is 4.79 Å². The minimum absolute atomic E-state index is 0.291. The standard InChI is InChI=1S/C18H24ClNO4/c1-17(2,3)24-16(22)20-8-6-18(7-9-20)11-14(21)13-10-12(19)4-5-15(13)23-18/h4-5,10,14,21H,6-9,11H2,1-3H3. The number of aliphatic hydroxyl groups is 1. The van der Waals surface area contributed by atoms with E-state index in [0.717, 1.165) is 5.56 Å². The number of ether oxygens (including phenoxy) is 2. The molecule has 3 rings (SSSR count). The highest BCUT2D eigenvalue weighted by Crippen LogP contribution is 2.45. The topological polar surface area (TPSA) is 59.0 Å². The van der Waals surface area contributed by atoms with Crippen molar-refractivity contribution in [2.45, 2.75) is 57.3 Å². The van der Waals surface area contributed by atoms with Gasteiger partial charge in [0.25, 0.3) is 0 Å². The van der Waals surface area contributed by atoms with Crippen molar-refractivity contribution in [3.05, 3.63) is 28.8 Å². The Morgan fingerprint density at radius 2 is 2.04 bits per heavy atom. The molecule has 1 unspecified atom stereocenters. The summed E-state index contributed by atoms with van der Waals surface area (Å²) in [6.07, 6.45) is 0.973. The van der Waals surface area contributed by atoms with E-state index in [-0.39, 0.29) is 6.09 Å². The maximum atomic E-state index is 12.2. The average Bonchev–Trinajstić information content (AvgIpc) is 2.47. The number of hydrogen-bond acceptors (Lipinski definition) is 4. The van der Waals surface area contributed by atoms with Gasteiger partial charge in [-0.1, -0.05) is 11.6 Å². The maximum Gasteiger partial charge on any atom is 0.410 e. The van der Waals surface area contributed by atoms with Crippen molar-refractivity contribution >= 4 is 17.7 Å². The molecule has 0 aromatic heterocycles. The highest BCUT2D eigenvalue weighted by Gasteiger charge is 2.44. The second kappa shape index (κ2) is 6.12. The van der Waals surface area contributed by atoms with E-state index in [9.17, 15) is 9.90 Å². The van der Waals surface area contributed by atoms with Crippen LogP contribution >= 0.6 is 11.6 Å². The zero-order valence-corrected chi connectivity index (χ0v) is 15.1. The fraction of sp³-hybridized carbons (Fsp3) is 0.611. The van der Waals surface area contributed by atoms with Crippen LogP contribution < -0.4 is 4.74 Å². The first-order valence-electron chi connectivity index (χ1n) is 8.32. The number of likely N-dealkylation sites (tertiary alicyclic amines) is 1. The molecule has 2 aliphatic heterocycles. The number of carbonyl (C=O) groups excluding carboxylic acids is 1. The van der Waals surface area contributed by atoms with Crippen molar-refractivity contribution in [3.8, 4) is 5.75 Å². The van der Waals surface area contributed by atoms with Gasteiger partial charge < -0.3 is 19.5 Å². The molecule has 1 saturated heterocycles. The first-order chi connectivity index (χ1) is 11.2. The number of benzene rings is 1. The zero-order chi connectivity index (χ0) is 17.5. The second-order valence-corrected chi connectivity index (χ2v) is 8.09. The summed E-state index contributed by atoms with van der Waals surface area (Å²) in [7, 11) is 0. The third kappa shape index (κ3) is 3.62. The van der Waals surface area contributed by atoms with Crippen molar-refractivity contribution in [3.63, 3.8) is 0 Å². The van der Waals surface area contributed by atoms with Crippen LogP contribution in [0.2, 0.25) is 5.02 Å².